The maximum atomic E-state index is 12.0. The van der Waals surface area contributed by atoms with Crippen LogP contribution in [0.25, 0.3) is 0 Å². The number of ether oxygens (including phenoxy) is 2. The summed E-state index contributed by atoms with van der Waals surface area (Å²) < 4.78 is 45.3. The van der Waals surface area contributed by atoms with Gasteiger partial charge in [0.2, 0.25) is 0 Å². The number of benzene rings is 1. The van der Waals surface area contributed by atoms with Crippen LogP contribution in [0.4, 0.5) is 13.2 Å². The second-order valence-corrected chi connectivity index (χ2v) is 5.32. The van der Waals surface area contributed by atoms with Gasteiger partial charge in [-0.2, -0.15) is 0 Å². The maximum absolute atomic E-state index is 12.0. The maximum Gasteiger partial charge on any atom is 0.573 e. The SMILES string of the molecule is O=C(O)C1CCN(CCOc2ccc(OC(F)(F)F)cc2)CC1. The number of aliphatic carboxylic acids is 1. The van der Waals surface area contributed by atoms with Crippen LogP contribution in [0.2, 0.25) is 0 Å². The van der Waals surface area contributed by atoms with Gasteiger partial charge in [-0.05, 0) is 50.2 Å². The predicted octanol–water partition coefficient (Wildman–Crippen LogP) is 2.76. The van der Waals surface area contributed by atoms with Gasteiger partial charge in [-0.25, -0.2) is 0 Å². The van der Waals surface area contributed by atoms with Gasteiger partial charge in [-0.1, -0.05) is 0 Å². The van der Waals surface area contributed by atoms with Crippen LogP contribution in [-0.2, 0) is 4.79 Å². The number of carboxylic acid groups (broad SMARTS) is 1. The first-order chi connectivity index (χ1) is 10.8. The van der Waals surface area contributed by atoms with Crippen molar-refractivity contribution in [3.05, 3.63) is 24.3 Å². The summed E-state index contributed by atoms with van der Waals surface area (Å²) in [5.74, 6) is -0.851. The van der Waals surface area contributed by atoms with Crippen molar-refractivity contribution in [3.63, 3.8) is 0 Å². The Hall–Kier alpha value is -1.96. The summed E-state index contributed by atoms with van der Waals surface area (Å²) in [5.41, 5.74) is 0. The van der Waals surface area contributed by atoms with E-state index in [1.54, 1.807) is 0 Å². The van der Waals surface area contributed by atoms with Crippen LogP contribution >= 0.6 is 0 Å². The van der Waals surface area contributed by atoms with Gasteiger partial charge in [0.15, 0.2) is 0 Å². The highest BCUT2D eigenvalue weighted by atomic mass is 19.4. The Morgan fingerprint density at radius 2 is 1.74 bits per heavy atom. The highest BCUT2D eigenvalue weighted by Crippen LogP contribution is 2.24. The van der Waals surface area contributed by atoms with Crippen molar-refractivity contribution in [2.45, 2.75) is 19.2 Å². The highest BCUT2D eigenvalue weighted by Gasteiger charge is 2.31. The third-order valence-electron chi connectivity index (χ3n) is 3.67. The van der Waals surface area contributed by atoms with Crippen molar-refractivity contribution in [1.82, 2.24) is 4.90 Å². The van der Waals surface area contributed by atoms with Gasteiger partial charge < -0.3 is 14.6 Å². The Balaban J connectivity index is 1.69. The van der Waals surface area contributed by atoms with E-state index in [0.29, 0.717) is 44.8 Å². The molecule has 0 aromatic heterocycles. The van der Waals surface area contributed by atoms with Gasteiger partial charge in [0.1, 0.15) is 18.1 Å². The first kappa shape index (κ1) is 17.4. The molecule has 1 aliphatic rings. The standard InChI is InChI=1S/C15H18F3NO4/c16-15(17,18)23-13-3-1-12(2-4-13)22-10-9-19-7-5-11(6-8-19)14(20)21/h1-4,11H,5-10H2,(H,20,21). The number of alkyl halides is 3. The Morgan fingerprint density at radius 1 is 1.17 bits per heavy atom. The topological polar surface area (TPSA) is 59.0 Å². The molecule has 0 spiro atoms. The average molecular weight is 333 g/mol. The molecule has 23 heavy (non-hydrogen) atoms. The molecule has 1 aromatic carbocycles. The molecular weight excluding hydrogens is 315 g/mol. The lowest BCUT2D eigenvalue weighted by Crippen LogP contribution is -2.38. The van der Waals surface area contributed by atoms with E-state index in [9.17, 15) is 18.0 Å². The Labute approximate surface area is 131 Å². The Kier molecular flexibility index (Phi) is 5.70. The molecule has 1 aliphatic heterocycles. The number of piperidine rings is 1. The molecule has 0 amide bonds. The number of hydrogen-bond acceptors (Lipinski definition) is 4. The lowest BCUT2D eigenvalue weighted by atomic mass is 9.97. The molecule has 1 aromatic rings. The zero-order valence-corrected chi connectivity index (χ0v) is 12.4. The van der Waals surface area contributed by atoms with Gasteiger partial charge >= 0.3 is 12.3 Å². The summed E-state index contributed by atoms with van der Waals surface area (Å²) in [6.07, 6.45) is -3.46. The van der Waals surface area contributed by atoms with Crippen molar-refractivity contribution < 1.29 is 32.5 Å². The van der Waals surface area contributed by atoms with Crippen LogP contribution in [-0.4, -0.2) is 48.6 Å². The minimum Gasteiger partial charge on any atom is -0.492 e. The predicted molar refractivity (Wildman–Crippen MR) is 75.4 cm³/mol. The van der Waals surface area contributed by atoms with Crippen molar-refractivity contribution in [3.8, 4) is 11.5 Å². The molecule has 0 atom stereocenters. The largest absolute Gasteiger partial charge is 0.573 e. The number of halogens is 3. The van der Waals surface area contributed by atoms with Crippen LogP contribution in [0.15, 0.2) is 24.3 Å². The molecular formula is C15H18F3NO4. The minimum atomic E-state index is -4.70. The van der Waals surface area contributed by atoms with E-state index in [4.69, 9.17) is 9.84 Å². The fourth-order valence-electron chi connectivity index (χ4n) is 2.43. The molecule has 0 saturated carbocycles. The molecule has 1 N–H and O–H groups in total. The molecule has 0 unspecified atom stereocenters. The molecule has 0 aliphatic carbocycles. The second kappa shape index (κ2) is 7.54. The fourth-order valence-corrected chi connectivity index (χ4v) is 2.43. The monoisotopic (exact) mass is 333 g/mol. The van der Waals surface area contributed by atoms with E-state index in [2.05, 4.69) is 9.64 Å². The van der Waals surface area contributed by atoms with E-state index in [1.807, 2.05) is 0 Å². The Morgan fingerprint density at radius 3 is 2.26 bits per heavy atom. The van der Waals surface area contributed by atoms with Gasteiger partial charge in [-0.15, -0.1) is 13.2 Å². The summed E-state index contributed by atoms with van der Waals surface area (Å²) in [4.78, 5) is 13.0. The van der Waals surface area contributed by atoms with Gasteiger partial charge in [0.25, 0.3) is 0 Å². The molecule has 1 heterocycles. The van der Waals surface area contributed by atoms with Crippen LogP contribution in [0.3, 0.4) is 0 Å². The van der Waals surface area contributed by atoms with Crippen molar-refractivity contribution in [2.24, 2.45) is 5.92 Å². The summed E-state index contributed by atoms with van der Waals surface area (Å²) in [5, 5.41) is 8.92. The van der Waals surface area contributed by atoms with E-state index in [1.165, 1.54) is 24.3 Å². The molecule has 5 nitrogen and oxygen atoms in total. The lowest BCUT2D eigenvalue weighted by Gasteiger charge is -2.29. The van der Waals surface area contributed by atoms with E-state index < -0.39 is 12.3 Å². The fraction of sp³-hybridized carbons (Fsp3) is 0.533. The molecule has 0 radical (unpaired) electrons. The van der Waals surface area contributed by atoms with Crippen LogP contribution in [0.1, 0.15) is 12.8 Å². The van der Waals surface area contributed by atoms with Crippen LogP contribution in [0, 0.1) is 5.92 Å². The number of nitrogens with zero attached hydrogens (tertiary/aromatic N) is 1. The van der Waals surface area contributed by atoms with Crippen molar-refractivity contribution in [2.75, 3.05) is 26.2 Å². The van der Waals surface area contributed by atoms with Crippen molar-refractivity contribution >= 4 is 5.97 Å². The van der Waals surface area contributed by atoms with E-state index in [0.717, 1.165) is 0 Å². The van der Waals surface area contributed by atoms with Gasteiger partial charge in [0.05, 0.1) is 5.92 Å². The third kappa shape index (κ3) is 5.97. The molecule has 1 fully saturated rings. The molecule has 128 valence electrons. The minimum absolute atomic E-state index is 0.270. The first-order valence-corrected chi connectivity index (χ1v) is 7.27. The lowest BCUT2D eigenvalue weighted by molar-refractivity contribution is -0.274. The molecule has 8 heteroatoms. The summed E-state index contributed by atoms with van der Waals surface area (Å²) >= 11 is 0. The first-order valence-electron chi connectivity index (χ1n) is 7.27. The van der Waals surface area contributed by atoms with Crippen molar-refractivity contribution in [1.29, 1.82) is 0 Å². The molecule has 2 rings (SSSR count). The summed E-state index contributed by atoms with van der Waals surface area (Å²) in [7, 11) is 0. The highest BCUT2D eigenvalue weighted by molar-refractivity contribution is 5.70. The van der Waals surface area contributed by atoms with Crippen LogP contribution in [0.5, 0.6) is 11.5 Å². The molecule has 1 saturated heterocycles. The normalized spacial score (nSPS) is 17.0. The summed E-state index contributed by atoms with van der Waals surface area (Å²) in [6.45, 7) is 2.45. The third-order valence-corrected chi connectivity index (χ3v) is 3.67. The van der Waals surface area contributed by atoms with E-state index in [-0.39, 0.29) is 11.7 Å². The van der Waals surface area contributed by atoms with Crippen LogP contribution < -0.4 is 9.47 Å². The molecule has 0 bridgehead atoms. The Bertz CT molecular complexity index is 510. The zero-order chi connectivity index (χ0) is 16.9. The number of carboxylic acids is 1. The van der Waals surface area contributed by atoms with E-state index >= 15 is 0 Å². The zero-order valence-electron chi connectivity index (χ0n) is 12.4. The smallest absolute Gasteiger partial charge is 0.492 e. The number of carbonyl (C=O) groups is 1. The number of hydrogen-bond donors (Lipinski definition) is 1. The quantitative estimate of drug-likeness (QED) is 0.867. The summed E-state index contributed by atoms with van der Waals surface area (Å²) in [6, 6.07) is 5.22. The average Bonchev–Trinajstić information content (AvgIpc) is 2.48. The van der Waals surface area contributed by atoms with Gasteiger partial charge in [0, 0.05) is 6.54 Å². The number of likely N-dealkylation sites (tertiary alicyclic amines) is 1. The van der Waals surface area contributed by atoms with Gasteiger partial charge in [-0.3, -0.25) is 9.69 Å². The number of rotatable bonds is 6. The second-order valence-electron chi connectivity index (χ2n) is 5.32.